The predicted molar refractivity (Wildman–Crippen MR) is 204 cm³/mol. The molecule has 0 bridgehead atoms. The minimum atomic E-state index is -2.67. The summed E-state index contributed by atoms with van der Waals surface area (Å²) in [6.45, 7) is 0. The summed E-state index contributed by atoms with van der Waals surface area (Å²) in [7, 11) is -2.67. The number of nitrogens with zero attached hydrogens (tertiary/aromatic N) is 2. The van der Waals surface area contributed by atoms with Crippen LogP contribution in [0.15, 0.2) is 194 Å². The molecule has 0 unspecified atom stereocenters. The minimum Gasteiger partial charge on any atom is -0.311 e. The third-order valence-electron chi connectivity index (χ3n) is 9.72. The van der Waals surface area contributed by atoms with Crippen molar-refractivity contribution in [2.75, 3.05) is 4.90 Å². The van der Waals surface area contributed by atoms with E-state index in [0.29, 0.717) is 0 Å². The van der Waals surface area contributed by atoms with Gasteiger partial charge in [0, 0.05) is 28.0 Å². The topological polar surface area (TPSA) is 16.1 Å². The summed E-state index contributed by atoms with van der Waals surface area (Å²) in [5, 5.41) is 6.69. The number of hydrogen-bond donors (Lipinski definition) is 0. The molecule has 0 fully saturated rings. The van der Waals surface area contributed by atoms with Gasteiger partial charge in [0.15, 0.2) is 8.07 Å². The minimum absolute atomic E-state index is 0.977. The molecule has 8 aromatic rings. The summed E-state index contributed by atoms with van der Waals surface area (Å²) >= 11 is 0. The molecule has 0 saturated carbocycles. The van der Waals surface area contributed by atoms with Gasteiger partial charge in [-0.3, -0.25) is 0 Å². The monoisotopic (exact) mass is 628 g/mol. The van der Waals surface area contributed by atoms with Crippen LogP contribution in [0, 0.1) is 0 Å². The summed E-state index contributed by atoms with van der Waals surface area (Å²) in [6.07, 6.45) is 0. The Kier molecular flexibility index (Phi) is 6.84. The van der Waals surface area contributed by atoms with Crippen LogP contribution in [0.5, 0.6) is 0 Å². The Labute approximate surface area is 282 Å². The van der Waals surface area contributed by atoms with E-state index in [2.05, 4.69) is 199 Å². The zero-order chi connectivity index (χ0) is 31.9. The van der Waals surface area contributed by atoms with Crippen molar-refractivity contribution in [1.82, 2.24) is 4.98 Å². The highest BCUT2D eigenvalue weighted by Gasteiger charge is 2.48. The second kappa shape index (κ2) is 11.6. The Morgan fingerprint density at radius 1 is 0.417 bits per heavy atom. The molecule has 0 spiro atoms. The van der Waals surface area contributed by atoms with Crippen LogP contribution in [-0.2, 0) is 0 Å². The van der Waals surface area contributed by atoms with Gasteiger partial charge in [0.25, 0.3) is 0 Å². The molecule has 0 aliphatic carbocycles. The van der Waals surface area contributed by atoms with Crippen LogP contribution in [0.25, 0.3) is 33.3 Å². The third kappa shape index (κ3) is 4.44. The van der Waals surface area contributed by atoms with Gasteiger partial charge in [-0.2, -0.15) is 0 Å². The fraction of sp³-hybridized carbons (Fsp3) is 0. The molecule has 1 aliphatic heterocycles. The third-order valence-corrected chi connectivity index (χ3v) is 14.6. The van der Waals surface area contributed by atoms with Gasteiger partial charge in [0.2, 0.25) is 0 Å². The van der Waals surface area contributed by atoms with E-state index in [0.717, 1.165) is 27.8 Å². The lowest BCUT2D eigenvalue weighted by Gasteiger charge is -2.45. The zero-order valence-corrected chi connectivity index (χ0v) is 27.4. The number of pyridine rings is 1. The van der Waals surface area contributed by atoms with Crippen LogP contribution in [0.1, 0.15) is 0 Å². The quantitative estimate of drug-likeness (QED) is 0.177. The van der Waals surface area contributed by atoms with Crippen molar-refractivity contribution in [2.24, 2.45) is 0 Å². The van der Waals surface area contributed by atoms with Gasteiger partial charge in [-0.15, -0.1) is 0 Å². The lowest BCUT2D eigenvalue weighted by molar-refractivity contribution is 1.29. The number of para-hydroxylation sites is 2. The Morgan fingerprint density at radius 3 is 1.46 bits per heavy atom. The summed E-state index contributed by atoms with van der Waals surface area (Å²) in [4.78, 5) is 7.67. The highest BCUT2D eigenvalue weighted by molar-refractivity contribution is 7.21. The van der Waals surface area contributed by atoms with Crippen molar-refractivity contribution in [3.05, 3.63) is 194 Å². The lowest BCUT2D eigenvalue weighted by Crippen LogP contribution is -2.77. The van der Waals surface area contributed by atoms with Crippen LogP contribution in [0.3, 0.4) is 0 Å². The fourth-order valence-electron chi connectivity index (χ4n) is 7.66. The van der Waals surface area contributed by atoms with Crippen molar-refractivity contribution >= 4 is 56.8 Å². The second-order valence-electron chi connectivity index (χ2n) is 12.3. The number of rotatable bonds is 5. The van der Waals surface area contributed by atoms with E-state index in [9.17, 15) is 0 Å². The van der Waals surface area contributed by atoms with E-state index >= 15 is 0 Å². The van der Waals surface area contributed by atoms with Crippen molar-refractivity contribution in [1.29, 1.82) is 0 Å². The maximum absolute atomic E-state index is 5.20. The largest absolute Gasteiger partial charge is 0.311 e. The van der Waals surface area contributed by atoms with E-state index in [-0.39, 0.29) is 0 Å². The SMILES string of the molecule is c1ccc(-c2cc(-c3ccccc3)c3cc(N4c5ccccc5[Si](c5ccccc5)(c5ccccc5)c5ccccc54)ccc3n2)cc1. The van der Waals surface area contributed by atoms with Gasteiger partial charge < -0.3 is 4.90 Å². The first-order valence-electron chi connectivity index (χ1n) is 16.5. The summed E-state index contributed by atoms with van der Waals surface area (Å²) < 4.78 is 0. The average molecular weight is 629 g/mol. The van der Waals surface area contributed by atoms with Crippen LogP contribution in [0.2, 0.25) is 0 Å². The Bertz CT molecular complexity index is 2300. The number of aromatic nitrogens is 1. The molecule has 0 N–H and O–H groups in total. The first kappa shape index (κ1) is 28.2. The molecule has 9 rings (SSSR count). The molecular formula is C45H32N2Si. The molecule has 48 heavy (non-hydrogen) atoms. The van der Waals surface area contributed by atoms with Gasteiger partial charge in [-0.1, -0.05) is 158 Å². The molecule has 2 nitrogen and oxygen atoms in total. The van der Waals surface area contributed by atoms with Crippen LogP contribution in [0.4, 0.5) is 17.1 Å². The molecule has 3 heteroatoms. The van der Waals surface area contributed by atoms with Crippen LogP contribution >= 0.6 is 0 Å². The molecular weight excluding hydrogens is 597 g/mol. The van der Waals surface area contributed by atoms with E-state index in [1.54, 1.807) is 0 Å². The molecule has 0 amide bonds. The number of anilines is 3. The van der Waals surface area contributed by atoms with Gasteiger partial charge >= 0.3 is 0 Å². The standard InChI is InChI=1S/C45H32N2Si/c1-5-17-33(18-6-1)38-32-41(34-19-7-2-8-20-34)46-40-30-29-35(31-39(38)40)47-42-25-13-15-27-44(42)48(36-21-9-3-10-22-36,37-23-11-4-12-24-37)45-28-16-14-26-43(45)47/h1-32H. The van der Waals surface area contributed by atoms with Gasteiger partial charge in [-0.25, -0.2) is 4.98 Å². The molecule has 226 valence electrons. The van der Waals surface area contributed by atoms with Crippen molar-refractivity contribution in [3.63, 3.8) is 0 Å². The van der Waals surface area contributed by atoms with Gasteiger partial charge in [-0.05, 0) is 68.3 Å². The van der Waals surface area contributed by atoms with Crippen molar-refractivity contribution in [3.8, 4) is 22.4 Å². The number of benzene rings is 7. The number of hydrogen-bond acceptors (Lipinski definition) is 2. The highest BCUT2D eigenvalue weighted by atomic mass is 28.3. The molecule has 1 aromatic heterocycles. The summed E-state index contributed by atoms with van der Waals surface area (Å²) in [5.41, 5.74) is 9.01. The van der Waals surface area contributed by atoms with Crippen LogP contribution < -0.4 is 25.6 Å². The van der Waals surface area contributed by atoms with Crippen molar-refractivity contribution in [2.45, 2.75) is 0 Å². The van der Waals surface area contributed by atoms with Crippen molar-refractivity contribution < 1.29 is 0 Å². The smallest absolute Gasteiger partial charge is 0.184 e. The van der Waals surface area contributed by atoms with Gasteiger partial charge in [0.05, 0.1) is 11.2 Å². The average Bonchev–Trinajstić information content (AvgIpc) is 3.18. The molecule has 0 radical (unpaired) electrons. The zero-order valence-electron chi connectivity index (χ0n) is 26.4. The first-order chi connectivity index (χ1) is 23.8. The molecule has 1 aliphatic rings. The lowest BCUT2D eigenvalue weighted by atomic mass is 9.97. The van der Waals surface area contributed by atoms with E-state index < -0.39 is 8.07 Å². The summed E-state index contributed by atoms with van der Waals surface area (Å²) in [5.74, 6) is 0. The number of fused-ring (bicyclic) bond motifs is 3. The predicted octanol–water partition coefficient (Wildman–Crippen LogP) is 8.73. The maximum atomic E-state index is 5.20. The first-order valence-corrected chi connectivity index (χ1v) is 18.5. The van der Waals surface area contributed by atoms with Gasteiger partial charge in [0.1, 0.15) is 0 Å². The second-order valence-corrected chi connectivity index (χ2v) is 16.1. The normalized spacial score (nSPS) is 13.1. The van der Waals surface area contributed by atoms with E-state index in [4.69, 9.17) is 4.98 Å². The maximum Gasteiger partial charge on any atom is 0.184 e. The Balaban J connectivity index is 1.32. The highest BCUT2D eigenvalue weighted by Crippen LogP contribution is 2.41. The van der Waals surface area contributed by atoms with E-state index in [1.807, 2.05) is 0 Å². The summed E-state index contributed by atoms with van der Waals surface area (Å²) in [6, 6.07) is 70.7. The Morgan fingerprint density at radius 2 is 0.896 bits per heavy atom. The fourth-order valence-corrected chi connectivity index (χ4v) is 12.8. The molecule has 2 heterocycles. The molecule has 0 saturated heterocycles. The Hall–Kier alpha value is -6.03. The molecule has 7 aromatic carbocycles. The van der Waals surface area contributed by atoms with Crippen LogP contribution in [-0.4, -0.2) is 13.1 Å². The van der Waals surface area contributed by atoms with E-state index in [1.165, 1.54) is 43.2 Å². The molecule has 0 atom stereocenters.